The topological polar surface area (TPSA) is 70.7 Å². The Kier molecular flexibility index (Phi) is 5.09. The lowest BCUT2D eigenvalue weighted by molar-refractivity contribution is -0.120. The molecule has 0 saturated heterocycles. The molecule has 0 aliphatic carbocycles. The minimum atomic E-state index is -0.255. The number of rotatable bonds is 6. The highest BCUT2D eigenvalue weighted by molar-refractivity contribution is 8.00. The highest BCUT2D eigenvalue weighted by Crippen LogP contribution is 2.22. The third-order valence-electron chi connectivity index (χ3n) is 3.18. The van der Waals surface area contributed by atoms with Crippen molar-refractivity contribution in [3.05, 3.63) is 52.7 Å². The quantitative estimate of drug-likeness (QED) is 0.673. The number of thioether (sulfide) groups is 1. The van der Waals surface area contributed by atoms with Gasteiger partial charge in [-0.1, -0.05) is 48.2 Å². The van der Waals surface area contributed by atoms with E-state index in [1.807, 2.05) is 54.8 Å². The molecule has 2 aromatic heterocycles. The second-order valence-corrected chi connectivity index (χ2v) is 7.23. The summed E-state index contributed by atoms with van der Waals surface area (Å²) < 4.78 is 0. The van der Waals surface area contributed by atoms with Crippen molar-refractivity contribution in [3.63, 3.8) is 0 Å². The molecule has 0 unspecified atom stereocenters. The molecule has 1 atom stereocenters. The Morgan fingerprint density at radius 1 is 1.30 bits per heavy atom. The largest absolute Gasteiger partial charge is 0.350 e. The number of thiophene rings is 1. The number of aromatic amines is 1. The number of hydrogen-bond donors (Lipinski definition) is 2. The number of carbonyl (C=O) groups is 1. The summed E-state index contributed by atoms with van der Waals surface area (Å²) in [5, 5.41) is 12.3. The second-order valence-electron chi connectivity index (χ2n) is 4.89. The Morgan fingerprint density at radius 3 is 2.87 bits per heavy atom. The van der Waals surface area contributed by atoms with Gasteiger partial charge in [-0.25, -0.2) is 4.98 Å². The SMILES string of the molecule is C[C@H](Sc1n[nH]c(-c2ccccc2)n1)C(=O)NCc1cccs1. The van der Waals surface area contributed by atoms with Crippen LogP contribution in [0.25, 0.3) is 11.4 Å². The van der Waals surface area contributed by atoms with E-state index < -0.39 is 0 Å². The number of nitrogens with zero attached hydrogens (tertiary/aromatic N) is 2. The van der Waals surface area contributed by atoms with Crippen LogP contribution in [0.4, 0.5) is 0 Å². The first-order valence-electron chi connectivity index (χ1n) is 7.17. The third-order valence-corrected chi connectivity index (χ3v) is 5.02. The summed E-state index contributed by atoms with van der Waals surface area (Å²) in [7, 11) is 0. The summed E-state index contributed by atoms with van der Waals surface area (Å²) in [6.07, 6.45) is 0. The molecule has 118 valence electrons. The highest BCUT2D eigenvalue weighted by atomic mass is 32.2. The predicted octanol–water partition coefficient (Wildman–Crippen LogP) is 3.33. The molecule has 3 rings (SSSR count). The van der Waals surface area contributed by atoms with Gasteiger partial charge in [-0.3, -0.25) is 9.89 Å². The fraction of sp³-hybridized carbons (Fsp3) is 0.188. The van der Waals surface area contributed by atoms with Crippen molar-refractivity contribution < 1.29 is 4.79 Å². The molecule has 2 N–H and O–H groups in total. The van der Waals surface area contributed by atoms with E-state index >= 15 is 0 Å². The van der Waals surface area contributed by atoms with Gasteiger partial charge in [0, 0.05) is 10.4 Å². The van der Waals surface area contributed by atoms with Gasteiger partial charge in [-0.2, -0.15) is 0 Å². The maximum absolute atomic E-state index is 12.1. The first-order chi connectivity index (χ1) is 11.2. The minimum Gasteiger partial charge on any atom is -0.350 e. The van der Waals surface area contributed by atoms with Crippen molar-refractivity contribution in [1.29, 1.82) is 0 Å². The van der Waals surface area contributed by atoms with Crippen molar-refractivity contribution in [2.45, 2.75) is 23.9 Å². The fourth-order valence-corrected chi connectivity index (χ4v) is 3.36. The smallest absolute Gasteiger partial charge is 0.233 e. The Labute approximate surface area is 142 Å². The van der Waals surface area contributed by atoms with Crippen molar-refractivity contribution in [2.24, 2.45) is 0 Å². The van der Waals surface area contributed by atoms with Gasteiger partial charge in [0.15, 0.2) is 5.82 Å². The average molecular weight is 344 g/mol. The van der Waals surface area contributed by atoms with Crippen LogP contribution in [-0.4, -0.2) is 26.3 Å². The van der Waals surface area contributed by atoms with E-state index in [1.165, 1.54) is 11.8 Å². The summed E-state index contributed by atoms with van der Waals surface area (Å²) in [5.74, 6) is 0.689. The summed E-state index contributed by atoms with van der Waals surface area (Å²) in [4.78, 5) is 17.7. The second kappa shape index (κ2) is 7.43. The van der Waals surface area contributed by atoms with Crippen LogP contribution in [-0.2, 0) is 11.3 Å². The molecule has 0 saturated carbocycles. The molecule has 1 aromatic carbocycles. The van der Waals surface area contributed by atoms with E-state index in [2.05, 4.69) is 20.5 Å². The monoisotopic (exact) mass is 344 g/mol. The van der Waals surface area contributed by atoms with Crippen LogP contribution >= 0.6 is 23.1 Å². The van der Waals surface area contributed by atoms with E-state index in [0.717, 1.165) is 10.4 Å². The van der Waals surface area contributed by atoms with Crippen LogP contribution in [0.2, 0.25) is 0 Å². The van der Waals surface area contributed by atoms with Gasteiger partial charge in [-0.15, -0.1) is 16.4 Å². The summed E-state index contributed by atoms with van der Waals surface area (Å²) in [6, 6.07) is 13.8. The van der Waals surface area contributed by atoms with Crippen molar-refractivity contribution in [1.82, 2.24) is 20.5 Å². The first-order valence-corrected chi connectivity index (χ1v) is 8.93. The Hall–Kier alpha value is -2.12. The van der Waals surface area contributed by atoms with Crippen LogP contribution in [0.5, 0.6) is 0 Å². The average Bonchev–Trinajstić information content (AvgIpc) is 3.25. The predicted molar refractivity (Wildman–Crippen MR) is 93.3 cm³/mol. The van der Waals surface area contributed by atoms with E-state index in [9.17, 15) is 4.79 Å². The zero-order chi connectivity index (χ0) is 16.1. The molecule has 0 bridgehead atoms. The number of benzene rings is 1. The number of H-pyrrole nitrogens is 1. The van der Waals surface area contributed by atoms with E-state index in [4.69, 9.17) is 0 Å². The number of aromatic nitrogens is 3. The van der Waals surface area contributed by atoms with Crippen molar-refractivity contribution in [2.75, 3.05) is 0 Å². The fourth-order valence-electron chi connectivity index (χ4n) is 1.97. The molecule has 0 spiro atoms. The van der Waals surface area contributed by atoms with Gasteiger partial charge < -0.3 is 5.32 Å². The van der Waals surface area contributed by atoms with Gasteiger partial charge in [0.05, 0.1) is 11.8 Å². The first kappa shape index (κ1) is 15.8. The molecule has 2 heterocycles. The lowest BCUT2D eigenvalue weighted by atomic mass is 10.2. The number of amides is 1. The maximum atomic E-state index is 12.1. The highest BCUT2D eigenvalue weighted by Gasteiger charge is 2.17. The Bertz CT molecular complexity index is 756. The van der Waals surface area contributed by atoms with Crippen LogP contribution < -0.4 is 5.32 Å². The molecule has 0 aliphatic heterocycles. The van der Waals surface area contributed by atoms with Crippen LogP contribution in [0.1, 0.15) is 11.8 Å². The number of hydrogen-bond acceptors (Lipinski definition) is 5. The molecule has 0 aliphatic rings. The van der Waals surface area contributed by atoms with Gasteiger partial charge >= 0.3 is 0 Å². The van der Waals surface area contributed by atoms with E-state index in [-0.39, 0.29) is 11.2 Å². The zero-order valence-corrected chi connectivity index (χ0v) is 14.2. The Morgan fingerprint density at radius 2 is 2.13 bits per heavy atom. The Balaban J connectivity index is 1.56. The van der Waals surface area contributed by atoms with Crippen LogP contribution in [0.3, 0.4) is 0 Å². The van der Waals surface area contributed by atoms with E-state index in [1.54, 1.807) is 11.3 Å². The minimum absolute atomic E-state index is 0.0190. The lowest BCUT2D eigenvalue weighted by Crippen LogP contribution is -2.30. The maximum Gasteiger partial charge on any atom is 0.233 e. The van der Waals surface area contributed by atoms with Gasteiger partial charge in [0.2, 0.25) is 11.1 Å². The molecule has 5 nitrogen and oxygen atoms in total. The van der Waals surface area contributed by atoms with Crippen LogP contribution in [0, 0.1) is 0 Å². The van der Waals surface area contributed by atoms with Crippen molar-refractivity contribution >= 4 is 29.0 Å². The summed E-state index contributed by atoms with van der Waals surface area (Å²) in [5.41, 5.74) is 0.974. The van der Waals surface area contributed by atoms with Crippen LogP contribution in [0.15, 0.2) is 53.0 Å². The third kappa shape index (κ3) is 4.20. The normalized spacial score (nSPS) is 12.0. The molecule has 0 radical (unpaired) electrons. The molecule has 3 aromatic rings. The molecule has 1 amide bonds. The standard InChI is InChI=1S/C16H16N4OS2/c1-11(15(21)17-10-13-8-5-9-22-13)23-16-18-14(19-20-16)12-6-3-2-4-7-12/h2-9,11H,10H2,1H3,(H,17,21)(H,18,19,20)/t11-/m0/s1. The van der Waals surface area contributed by atoms with Gasteiger partial charge in [-0.05, 0) is 18.4 Å². The van der Waals surface area contributed by atoms with E-state index in [0.29, 0.717) is 17.5 Å². The summed E-state index contributed by atoms with van der Waals surface area (Å²) >= 11 is 2.97. The summed E-state index contributed by atoms with van der Waals surface area (Å²) in [6.45, 7) is 2.41. The molecular formula is C16H16N4OS2. The van der Waals surface area contributed by atoms with Gasteiger partial charge in [0.25, 0.3) is 0 Å². The zero-order valence-electron chi connectivity index (χ0n) is 12.5. The number of nitrogens with one attached hydrogen (secondary N) is 2. The molecular weight excluding hydrogens is 328 g/mol. The molecule has 0 fully saturated rings. The molecule has 23 heavy (non-hydrogen) atoms. The van der Waals surface area contributed by atoms with Gasteiger partial charge in [0.1, 0.15) is 0 Å². The molecule has 7 heteroatoms. The number of carbonyl (C=O) groups excluding carboxylic acids is 1. The lowest BCUT2D eigenvalue weighted by Gasteiger charge is -2.09. The van der Waals surface area contributed by atoms with Crippen molar-refractivity contribution in [3.8, 4) is 11.4 Å².